The number of benzene rings is 6. The van der Waals surface area contributed by atoms with Crippen molar-refractivity contribution in [3.05, 3.63) is 146 Å². The average molecular weight is 569 g/mol. The molecule has 0 saturated heterocycles. The molecule has 8 rings (SSSR count). The zero-order chi connectivity index (χ0) is 29.1. The Balaban J connectivity index is 1.46. The Morgan fingerprint density at radius 1 is 0.442 bits per heavy atom. The highest BCUT2D eigenvalue weighted by Crippen LogP contribution is 2.45. The van der Waals surface area contributed by atoms with Gasteiger partial charge < -0.3 is 9.80 Å². The second-order valence-corrected chi connectivity index (χ2v) is 17.7. The van der Waals surface area contributed by atoms with E-state index in [-0.39, 0.29) is 6.71 Å². The molecule has 0 amide bonds. The maximum Gasteiger partial charge on any atom is 0.252 e. The van der Waals surface area contributed by atoms with Gasteiger partial charge in [-0.2, -0.15) is 0 Å². The lowest BCUT2D eigenvalue weighted by Gasteiger charge is -2.44. The third kappa shape index (κ3) is 4.17. The molecular weight excluding hydrogens is 535 g/mol. The number of hydrogen-bond donors (Lipinski definition) is 0. The van der Waals surface area contributed by atoms with Crippen molar-refractivity contribution in [3.63, 3.8) is 0 Å². The molecule has 0 fully saturated rings. The summed E-state index contributed by atoms with van der Waals surface area (Å²) in [5.74, 6) is 0. The Kier molecular flexibility index (Phi) is 5.95. The fourth-order valence-corrected chi connectivity index (χ4v) is 8.10. The lowest BCUT2D eigenvalue weighted by atomic mass is 9.33. The minimum absolute atomic E-state index is 0.139. The summed E-state index contributed by atoms with van der Waals surface area (Å²) in [5, 5.41) is 1.48. The van der Waals surface area contributed by atoms with E-state index in [1.54, 1.807) is 0 Å². The van der Waals surface area contributed by atoms with Crippen LogP contribution in [0, 0.1) is 0 Å². The summed E-state index contributed by atoms with van der Waals surface area (Å²) in [6.07, 6.45) is 0. The first-order valence-corrected chi connectivity index (χ1v) is 18.7. The SMILES string of the molecule is C[Si](C)(C)c1ccc(-c2cc3c4c(c2)N(c2ccccc2)c2ccccc2B4c2ccccc2N3c2ccccc2)cc1. The monoisotopic (exact) mass is 568 g/mol. The van der Waals surface area contributed by atoms with Gasteiger partial charge in [0, 0.05) is 34.1 Å². The van der Waals surface area contributed by atoms with E-state index in [0.717, 1.165) is 0 Å². The highest BCUT2D eigenvalue weighted by molar-refractivity contribution is 7.00. The standard InChI is InChI=1S/C39H33BN2Si/c1-43(2,3)32-24-22-28(23-25-32)29-26-37-39-38(27-29)42(31-16-8-5-9-17-31)36-21-13-11-19-34(36)40(39)33-18-10-12-20-35(33)41(37)30-14-6-4-7-15-30/h4-27H,1-3H3. The summed E-state index contributed by atoms with van der Waals surface area (Å²) in [7, 11) is -1.40. The van der Waals surface area contributed by atoms with Crippen LogP contribution in [0.1, 0.15) is 0 Å². The molecule has 6 aromatic rings. The van der Waals surface area contributed by atoms with Crippen LogP contribution in [0.15, 0.2) is 146 Å². The highest BCUT2D eigenvalue weighted by Gasteiger charge is 2.43. The maximum atomic E-state index is 2.47. The van der Waals surface area contributed by atoms with E-state index < -0.39 is 8.07 Å². The van der Waals surface area contributed by atoms with Gasteiger partial charge in [-0.1, -0.05) is 122 Å². The first kappa shape index (κ1) is 25.9. The Hall–Kier alpha value is -4.80. The third-order valence-corrected chi connectivity index (χ3v) is 11.1. The zero-order valence-corrected chi connectivity index (χ0v) is 25.8. The lowest BCUT2D eigenvalue weighted by Crippen LogP contribution is -2.61. The number of anilines is 6. The molecule has 2 aliphatic heterocycles. The fraction of sp³-hybridized carbons (Fsp3) is 0.0769. The number of fused-ring (bicyclic) bond motifs is 4. The van der Waals surface area contributed by atoms with Gasteiger partial charge in [0.15, 0.2) is 0 Å². The summed E-state index contributed by atoms with van der Waals surface area (Å²) in [6.45, 7) is 7.38. The molecule has 0 aromatic heterocycles. The van der Waals surface area contributed by atoms with Crippen LogP contribution >= 0.6 is 0 Å². The Morgan fingerprint density at radius 3 is 1.35 bits per heavy atom. The highest BCUT2D eigenvalue weighted by atomic mass is 28.3. The van der Waals surface area contributed by atoms with E-state index >= 15 is 0 Å². The van der Waals surface area contributed by atoms with Crippen LogP contribution < -0.4 is 31.4 Å². The number of rotatable bonds is 4. The molecule has 2 heterocycles. The van der Waals surface area contributed by atoms with Crippen LogP contribution in [-0.4, -0.2) is 14.8 Å². The maximum absolute atomic E-state index is 2.47. The molecule has 0 saturated carbocycles. The van der Waals surface area contributed by atoms with Crippen molar-refractivity contribution in [1.82, 2.24) is 0 Å². The van der Waals surface area contributed by atoms with Crippen LogP contribution in [0.3, 0.4) is 0 Å². The molecule has 0 bridgehead atoms. The van der Waals surface area contributed by atoms with Gasteiger partial charge in [-0.15, -0.1) is 0 Å². The van der Waals surface area contributed by atoms with E-state index in [9.17, 15) is 0 Å². The molecule has 0 radical (unpaired) electrons. The first-order valence-electron chi connectivity index (χ1n) is 15.2. The van der Waals surface area contributed by atoms with Crippen LogP contribution in [0.4, 0.5) is 34.1 Å². The van der Waals surface area contributed by atoms with Crippen molar-refractivity contribution in [1.29, 1.82) is 0 Å². The predicted molar refractivity (Wildman–Crippen MR) is 189 cm³/mol. The van der Waals surface area contributed by atoms with Crippen molar-refractivity contribution in [2.45, 2.75) is 19.6 Å². The molecular formula is C39H33BN2Si. The topological polar surface area (TPSA) is 6.48 Å². The molecule has 43 heavy (non-hydrogen) atoms. The summed E-state index contributed by atoms with van der Waals surface area (Å²) in [4.78, 5) is 4.95. The van der Waals surface area contributed by atoms with Gasteiger partial charge in [-0.25, -0.2) is 0 Å². The van der Waals surface area contributed by atoms with Crippen LogP contribution in [0.25, 0.3) is 11.1 Å². The molecule has 0 atom stereocenters. The minimum atomic E-state index is -1.40. The molecule has 0 aliphatic carbocycles. The number of hydrogen-bond acceptors (Lipinski definition) is 2. The van der Waals surface area contributed by atoms with E-state index in [4.69, 9.17) is 0 Å². The average Bonchev–Trinajstić information content (AvgIpc) is 3.05. The van der Waals surface area contributed by atoms with Gasteiger partial charge in [0.2, 0.25) is 0 Å². The Labute approximate surface area is 256 Å². The van der Waals surface area contributed by atoms with E-state index in [2.05, 4.69) is 175 Å². The van der Waals surface area contributed by atoms with Crippen molar-refractivity contribution < 1.29 is 0 Å². The molecule has 206 valence electrons. The second-order valence-electron chi connectivity index (χ2n) is 12.6. The molecule has 4 heteroatoms. The van der Waals surface area contributed by atoms with Gasteiger partial charge in [0.1, 0.15) is 0 Å². The van der Waals surface area contributed by atoms with E-state index in [1.807, 2.05) is 0 Å². The summed E-state index contributed by atoms with van der Waals surface area (Å²) >= 11 is 0. The Morgan fingerprint density at radius 2 is 0.884 bits per heavy atom. The summed E-state index contributed by atoms with van der Waals surface area (Å²) in [6, 6.07) is 53.8. The van der Waals surface area contributed by atoms with Crippen molar-refractivity contribution >= 4 is 70.5 Å². The molecule has 2 aliphatic rings. The van der Waals surface area contributed by atoms with Crippen LogP contribution in [0.5, 0.6) is 0 Å². The quantitative estimate of drug-likeness (QED) is 0.199. The normalized spacial score (nSPS) is 13.3. The first-order chi connectivity index (χ1) is 21.0. The van der Waals surface area contributed by atoms with Crippen molar-refractivity contribution in [2.24, 2.45) is 0 Å². The number of para-hydroxylation sites is 4. The predicted octanol–water partition coefficient (Wildman–Crippen LogP) is 7.98. The second kappa shape index (κ2) is 9.89. The smallest absolute Gasteiger partial charge is 0.252 e. The Bertz CT molecular complexity index is 1850. The van der Waals surface area contributed by atoms with Crippen LogP contribution in [0.2, 0.25) is 19.6 Å². The van der Waals surface area contributed by atoms with Gasteiger partial charge in [0.25, 0.3) is 6.71 Å². The lowest BCUT2D eigenvalue weighted by molar-refractivity contribution is 1.25. The van der Waals surface area contributed by atoms with E-state index in [0.29, 0.717) is 0 Å². The van der Waals surface area contributed by atoms with Gasteiger partial charge in [0.05, 0.1) is 8.07 Å². The van der Waals surface area contributed by atoms with Crippen molar-refractivity contribution in [3.8, 4) is 11.1 Å². The van der Waals surface area contributed by atoms with Gasteiger partial charge in [-0.3, -0.25) is 0 Å². The van der Waals surface area contributed by atoms with E-state index in [1.165, 1.54) is 66.8 Å². The molecule has 6 aromatic carbocycles. The zero-order valence-electron chi connectivity index (χ0n) is 24.8. The largest absolute Gasteiger partial charge is 0.311 e. The summed E-state index contributed by atoms with van der Waals surface area (Å²) in [5.41, 5.74) is 13.8. The number of nitrogens with zero attached hydrogens (tertiary/aromatic N) is 2. The van der Waals surface area contributed by atoms with Gasteiger partial charge in [-0.05, 0) is 76.0 Å². The third-order valence-electron chi connectivity index (χ3n) is 9.00. The minimum Gasteiger partial charge on any atom is -0.311 e. The summed E-state index contributed by atoms with van der Waals surface area (Å²) < 4.78 is 0. The van der Waals surface area contributed by atoms with Crippen LogP contribution in [-0.2, 0) is 0 Å². The fourth-order valence-electron chi connectivity index (χ4n) is 6.94. The molecule has 2 nitrogen and oxygen atoms in total. The molecule has 0 N–H and O–H groups in total. The molecule has 0 unspecified atom stereocenters. The molecule has 0 spiro atoms. The van der Waals surface area contributed by atoms with Gasteiger partial charge >= 0.3 is 0 Å². The van der Waals surface area contributed by atoms with Crippen molar-refractivity contribution in [2.75, 3.05) is 9.80 Å².